The Morgan fingerprint density at radius 1 is 1.33 bits per heavy atom. The number of thioether (sulfide) groups is 1. The Balaban J connectivity index is 1.68. The molecule has 1 aliphatic heterocycles. The zero-order chi connectivity index (χ0) is 19.4. The van der Waals surface area contributed by atoms with Gasteiger partial charge in [0.2, 0.25) is 11.1 Å². The largest absolute Gasteiger partial charge is 0.338 e. The number of aromatic nitrogens is 4. The van der Waals surface area contributed by atoms with Crippen molar-refractivity contribution in [3.8, 4) is 5.69 Å². The van der Waals surface area contributed by atoms with Crippen LogP contribution in [-0.2, 0) is 14.6 Å². The molecule has 3 rings (SSSR count). The van der Waals surface area contributed by atoms with Gasteiger partial charge in [-0.3, -0.25) is 4.79 Å². The molecule has 27 heavy (non-hydrogen) atoms. The van der Waals surface area contributed by atoms with E-state index in [0.717, 1.165) is 17.7 Å². The SMILES string of the molecule is CCCN(C(=O)CSc1nnnn1-c1ccc(C)cc1)[C@@H]1CCS(=O)(=O)C1. The number of rotatable bonds is 7. The lowest BCUT2D eigenvalue weighted by Crippen LogP contribution is -2.42. The average Bonchev–Trinajstić information content (AvgIpc) is 3.24. The summed E-state index contributed by atoms with van der Waals surface area (Å²) in [6, 6.07) is 7.56. The van der Waals surface area contributed by atoms with Gasteiger partial charge in [-0.1, -0.05) is 36.4 Å². The first kappa shape index (κ1) is 19.8. The Kier molecular flexibility index (Phi) is 6.15. The molecular formula is C17H23N5O3S2. The smallest absolute Gasteiger partial charge is 0.233 e. The van der Waals surface area contributed by atoms with Crippen molar-refractivity contribution in [1.82, 2.24) is 25.1 Å². The number of nitrogens with zero attached hydrogens (tertiary/aromatic N) is 5. The van der Waals surface area contributed by atoms with E-state index in [1.165, 1.54) is 11.8 Å². The van der Waals surface area contributed by atoms with Gasteiger partial charge in [0.25, 0.3) is 0 Å². The Bertz CT molecular complexity index is 896. The number of tetrazole rings is 1. The number of amides is 1. The third-order valence-corrected chi connectivity index (χ3v) is 7.13. The van der Waals surface area contributed by atoms with Gasteiger partial charge < -0.3 is 4.90 Å². The standard InChI is InChI=1S/C17H23N5O3S2/c1-3-9-21(15-8-10-27(24,25)12-15)16(23)11-26-17-18-19-20-22(17)14-6-4-13(2)5-7-14/h4-7,15H,3,8-12H2,1-2H3/t15-/m1/s1. The van der Waals surface area contributed by atoms with E-state index >= 15 is 0 Å². The first-order chi connectivity index (χ1) is 12.9. The highest BCUT2D eigenvalue weighted by atomic mass is 32.2. The number of aryl methyl sites for hydroxylation is 1. The maximum atomic E-state index is 12.8. The lowest BCUT2D eigenvalue weighted by Gasteiger charge is -2.27. The molecule has 1 saturated heterocycles. The second kappa shape index (κ2) is 8.39. The Labute approximate surface area is 163 Å². The van der Waals surface area contributed by atoms with Crippen LogP contribution in [0, 0.1) is 6.92 Å². The highest BCUT2D eigenvalue weighted by Crippen LogP contribution is 2.22. The first-order valence-corrected chi connectivity index (χ1v) is 11.7. The summed E-state index contributed by atoms with van der Waals surface area (Å²) in [6.07, 6.45) is 1.30. The minimum absolute atomic E-state index is 0.0600. The Hall–Kier alpha value is -1.94. The fraction of sp³-hybridized carbons (Fsp3) is 0.529. The molecule has 0 saturated carbocycles. The molecule has 0 N–H and O–H groups in total. The second-order valence-corrected chi connectivity index (χ2v) is 9.81. The third-order valence-electron chi connectivity index (χ3n) is 4.48. The van der Waals surface area contributed by atoms with Gasteiger partial charge in [-0.15, -0.1) is 5.10 Å². The van der Waals surface area contributed by atoms with Crippen LogP contribution in [0.4, 0.5) is 0 Å². The van der Waals surface area contributed by atoms with Crippen molar-refractivity contribution in [2.75, 3.05) is 23.8 Å². The van der Waals surface area contributed by atoms with Crippen LogP contribution in [0.2, 0.25) is 0 Å². The van der Waals surface area contributed by atoms with Crippen LogP contribution in [0.5, 0.6) is 0 Å². The molecule has 146 valence electrons. The van der Waals surface area contributed by atoms with Crippen molar-refractivity contribution in [1.29, 1.82) is 0 Å². The van der Waals surface area contributed by atoms with Crippen molar-refractivity contribution in [2.24, 2.45) is 0 Å². The fourth-order valence-corrected chi connectivity index (χ4v) is 5.61. The van der Waals surface area contributed by atoms with Gasteiger partial charge in [-0.2, -0.15) is 4.68 Å². The van der Waals surface area contributed by atoms with Gasteiger partial charge in [-0.05, 0) is 42.3 Å². The number of hydrogen-bond acceptors (Lipinski definition) is 7. The third kappa shape index (κ3) is 4.86. The van der Waals surface area contributed by atoms with Crippen LogP contribution in [-0.4, -0.2) is 69.3 Å². The molecule has 2 heterocycles. The van der Waals surface area contributed by atoms with Gasteiger partial charge in [0.15, 0.2) is 9.84 Å². The average molecular weight is 410 g/mol. The lowest BCUT2D eigenvalue weighted by atomic mass is 10.2. The van der Waals surface area contributed by atoms with Crippen molar-refractivity contribution < 1.29 is 13.2 Å². The van der Waals surface area contributed by atoms with Crippen LogP contribution in [0.3, 0.4) is 0 Å². The summed E-state index contributed by atoms with van der Waals surface area (Å²) in [6.45, 7) is 4.54. The van der Waals surface area contributed by atoms with Gasteiger partial charge >= 0.3 is 0 Å². The van der Waals surface area contributed by atoms with Crippen molar-refractivity contribution in [3.63, 3.8) is 0 Å². The summed E-state index contributed by atoms with van der Waals surface area (Å²) in [7, 11) is -3.03. The molecular weight excluding hydrogens is 386 g/mol. The maximum absolute atomic E-state index is 12.8. The van der Waals surface area contributed by atoms with E-state index in [1.807, 2.05) is 38.1 Å². The molecule has 1 amide bonds. The first-order valence-electron chi connectivity index (χ1n) is 8.87. The van der Waals surface area contributed by atoms with Crippen LogP contribution >= 0.6 is 11.8 Å². The molecule has 10 heteroatoms. The minimum Gasteiger partial charge on any atom is -0.338 e. The minimum atomic E-state index is -3.03. The molecule has 0 bridgehead atoms. The summed E-state index contributed by atoms with van der Waals surface area (Å²) in [5, 5.41) is 12.3. The quantitative estimate of drug-likeness (QED) is 0.639. The number of hydrogen-bond donors (Lipinski definition) is 0. The Morgan fingerprint density at radius 2 is 2.07 bits per heavy atom. The van der Waals surface area contributed by atoms with E-state index in [-0.39, 0.29) is 29.2 Å². The van der Waals surface area contributed by atoms with E-state index in [9.17, 15) is 13.2 Å². The van der Waals surface area contributed by atoms with Crippen LogP contribution in [0.15, 0.2) is 29.4 Å². The molecule has 0 radical (unpaired) electrons. The van der Waals surface area contributed by atoms with Crippen LogP contribution in [0.25, 0.3) is 5.69 Å². The molecule has 2 aromatic rings. The zero-order valence-electron chi connectivity index (χ0n) is 15.4. The zero-order valence-corrected chi connectivity index (χ0v) is 17.0. The fourth-order valence-electron chi connectivity index (χ4n) is 3.10. The number of sulfone groups is 1. The summed E-state index contributed by atoms with van der Waals surface area (Å²) >= 11 is 1.26. The molecule has 1 aliphatic rings. The van der Waals surface area contributed by atoms with E-state index < -0.39 is 9.84 Å². The maximum Gasteiger partial charge on any atom is 0.233 e. The van der Waals surface area contributed by atoms with E-state index in [4.69, 9.17) is 0 Å². The number of carbonyl (C=O) groups excluding carboxylic acids is 1. The van der Waals surface area contributed by atoms with E-state index in [1.54, 1.807) is 9.58 Å². The van der Waals surface area contributed by atoms with Gasteiger partial charge in [0.1, 0.15) is 0 Å². The molecule has 1 aromatic heterocycles. The van der Waals surface area contributed by atoms with E-state index in [2.05, 4.69) is 15.5 Å². The summed E-state index contributed by atoms with van der Waals surface area (Å²) in [5.41, 5.74) is 1.96. The number of carbonyl (C=O) groups is 1. The predicted octanol–water partition coefficient (Wildman–Crippen LogP) is 1.49. The van der Waals surface area contributed by atoms with Gasteiger partial charge in [-0.25, -0.2) is 8.42 Å². The monoisotopic (exact) mass is 409 g/mol. The van der Waals surface area contributed by atoms with Gasteiger partial charge in [0, 0.05) is 12.6 Å². The van der Waals surface area contributed by atoms with Gasteiger partial charge in [0.05, 0.1) is 22.9 Å². The van der Waals surface area contributed by atoms with Crippen LogP contribution < -0.4 is 0 Å². The molecule has 0 aliphatic carbocycles. The summed E-state index contributed by atoms with van der Waals surface area (Å²) < 4.78 is 25.1. The number of benzene rings is 1. The molecule has 1 fully saturated rings. The molecule has 8 nitrogen and oxygen atoms in total. The van der Waals surface area contributed by atoms with Crippen molar-refractivity contribution in [2.45, 2.75) is 37.9 Å². The van der Waals surface area contributed by atoms with Crippen molar-refractivity contribution in [3.05, 3.63) is 29.8 Å². The van der Waals surface area contributed by atoms with E-state index in [0.29, 0.717) is 18.1 Å². The highest BCUT2D eigenvalue weighted by molar-refractivity contribution is 7.99. The topological polar surface area (TPSA) is 98.1 Å². The normalized spacial score (nSPS) is 18.5. The molecule has 0 unspecified atom stereocenters. The predicted molar refractivity (Wildman–Crippen MR) is 104 cm³/mol. The Morgan fingerprint density at radius 3 is 2.70 bits per heavy atom. The second-order valence-electron chi connectivity index (χ2n) is 6.64. The molecule has 1 aromatic carbocycles. The van der Waals surface area contributed by atoms with Crippen LogP contribution in [0.1, 0.15) is 25.3 Å². The lowest BCUT2D eigenvalue weighted by molar-refractivity contribution is -0.130. The molecule has 0 spiro atoms. The summed E-state index contributed by atoms with van der Waals surface area (Å²) in [4.78, 5) is 14.5. The van der Waals surface area contributed by atoms with Crippen molar-refractivity contribution >= 4 is 27.5 Å². The molecule has 1 atom stereocenters. The highest BCUT2D eigenvalue weighted by Gasteiger charge is 2.34. The summed E-state index contributed by atoms with van der Waals surface area (Å²) in [5.74, 6) is 0.305.